The molecular weight excluding hydrogens is 277 g/mol. The molecule has 0 saturated heterocycles. The first-order chi connectivity index (χ1) is 2.77. The molecule has 0 fully saturated rings. The molecule has 0 aromatic carbocycles. The van der Waals surface area contributed by atoms with Gasteiger partial charge in [-0.05, 0) is 0 Å². The smallest absolute Gasteiger partial charge is 0.491 e. The first kappa shape index (κ1) is 9.94. The zero-order valence-corrected chi connectivity index (χ0v) is 5.69. The van der Waals surface area contributed by atoms with Crippen LogP contribution in [0.15, 0.2) is 12.7 Å². The molecule has 0 atom stereocenters. The van der Waals surface area contributed by atoms with Gasteiger partial charge in [0.25, 0.3) is 0 Å². The van der Waals surface area contributed by atoms with E-state index in [1.165, 1.54) is 6.08 Å². The number of carboxylic acids is 1. The SMILES string of the molecule is C=C[CH-]C(=O)O.[Au+]. The van der Waals surface area contributed by atoms with Crippen molar-refractivity contribution in [2.75, 3.05) is 0 Å². The van der Waals surface area contributed by atoms with Gasteiger partial charge in [0.05, 0.1) is 0 Å². The Bertz CT molecular complexity index is 70.1. The van der Waals surface area contributed by atoms with Crippen LogP contribution in [0.5, 0.6) is 0 Å². The number of carbonyl (C=O) groups is 1. The first-order valence-electron chi connectivity index (χ1n) is 1.46. The summed E-state index contributed by atoms with van der Waals surface area (Å²) in [6, 6.07) is 0. The van der Waals surface area contributed by atoms with Crippen molar-refractivity contribution in [3.63, 3.8) is 0 Å². The molecule has 0 aromatic heterocycles. The summed E-state index contributed by atoms with van der Waals surface area (Å²) in [7, 11) is 0. The Hall–Kier alpha value is -0.180. The Morgan fingerprint density at radius 3 is 2.29 bits per heavy atom. The fourth-order valence-electron chi connectivity index (χ4n) is 0.101. The van der Waals surface area contributed by atoms with E-state index in [2.05, 4.69) is 6.58 Å². The molecule has 2 nitrogen and oxygen atoms in total. The Balaban J connectivity index is 0. The molecule has 7 heavy (non-hydrogen) atoms. The third-order valence-corrected chi connectivity index (χ3v) is 0.260. The fraction of sp³-hybridized carbons (Fsp3) is 0. The van der Waals surface area contributed by atoms with Crippen molar-refractivity contribution in [3.8, 4) is 0 Å². The summed E-state index contributed by atoms with van der Waals surface area (Å²) in [6.45, 7) is 3.16. The van der Waals surface area contributed by atoms with E-state index < -0.39 is 5.97 Å². The van der Waals surface area contributed by atoms with Gasteiger partial charge in [0, 0.05) is 0 Å². The molecule has 0 aromatic rings. The van der Waals surface area contributed by atoms with Gasteiger partial charge < -0.3 is 5.11 Å². The van der Waals surface area contributed by atoms with Gasteiger partial charge in [-0.2, -0.15) is 0 Å². The topological polar surface area (TPSA) is 37.3 Å². The largest absolute Gasteiger partial charge is 1.00 e. The molecule has 0 rings (SSSR count). The maximum absolute atomic E-state index is 9.47. The molecule has 3 heteroatoms. The van der Waals surface area contributed by atoms with Crippen LogP contribution in [0.2, 0.25) is 0 Å². The van der Waals surface area contributed by atoms with Gasteiger partial charge in [-0.3, -0.25) is 4.79 Å². The van der Waals surface area contributed by atoms with E-state index in [9.17, 15) is 4.79 Å². The summed E-state index contributed by atoms with van der Waals surface area (Å²) in [6.07, 6.45) is 2.20. The van der Waals surface area contributed by atoms with Crippen molar-refractivity contribution >= 4 is 5.97 Å². The maximum atomic E-state index is 9.47. The minimum atomic E-state index is -0.954. The molecule has 0 spiro atoms. The molecular formula is C4H5AuO2. The van der Waals surface area contributed by atoms with Gasteiger partial charge in [-0.25, -0.2) is 12.7 Å². The Labute approximate surface area is 57.7 Å². The first-order valence-corrected chi connectivity index (χ1v) is 1.46. The monoisotopic (exact) mass is 282 g/mol. The van der Waals surface area contributed by atoms with Crippen molar-refractivity contribution < 1.29 is 32.3 Å². The third-order valence-electron chi connectivity index (χ3n) is 0.260. The summed E-state index contributed by atoms with van der Waals surface area (Å²) in [5.41, 5.74) is 0. The zero-order valence-electron chi connectivity index (χ0n) is 3.52. The number of hydrogen-bond donors (Lipinski definition) is 1. The normalized spacial score (nSPS) is 5.71. The average molecular weight is 282 g/mol. The van der Waals surface area contributed by atoms with Crippen LogP contribution in [-0.2, 0) is 27.2 Å². The number of rotatable bonds is 2. The second kappa shape index (κ2) is 5.82. The summed E-state index contributed by atoms with van der Waals surface area (Å²) >= 11 is 0. The third kappa shape index (κ3) is 10.7. The summed E-state index contributed by atoms with van der Waals surface area (Å²) in [5, 5.41) is 7.79. The Morgan fingerprint density at radius 2 is 2.29 bits per heavy atom. The minimum absolute atomic E-state index is 0. The van der Waals surface area contributed by atoms with E-state index in [0.29, 0.717) is 0 Å². The van der Waals surface area contributed by atoms with E-state index in [-0.39, 0.29) is 22.4 Å². The zero-order chi connectivity index (χ0) is 4.99. The van der Waals surface area contributed by atoms with Crippen LogP contribution in [0.4, 0.5) is 0 Å². The van der Waals surface area contributed by atoms with Crippen molar-refractivity contribution in [2.24, 2.45) is 0 Å². The van der Waals surface area contributed by atoms with Crippen LogP contribution in [0.3, 0.4) is 0 Å². The van der Waals surface area contributed by atoms with E-state index in [0.717, 1.165) is 6.42 Å². The standard InChI is InChI=1S/C4H5O2.Au/c1-2-3-4(5)6;/h2-3H,1H2,(H,5,6);/q-1;+1. The molecule has 0 unspecified atom stereocenters. The predicted octanol–water partition coefficient (Wildman–Crippen LogP) is 0.459. The molecule has 0 amide bonds. The summed E-state index contributed by atoms with van der Waals surface area (Å²) in [4.78, 5) is 9.47. The van der Waals surface area contributed by atoms with Crippen molar-refractivity contribution in [2.45, 2.75) is 0 Å². The van der Waals surface area contributed by atoms with Gasteiger partial charge >= 0.3 is 22.4 Å². The van der Waals surface area contributed by atoms with E-state index in [1.54, 1.807) is 0 Å². The van der Waals surface area contributed by atoms with E-state index in [1.807, 2.05) is 0 Å². The maximum Gasteiger partial charge on any atom is 1.00 e. The van der Waals surface area contributed by atoms with Crippen LogP contribution in [0.1, 0.15) is 0 Å². The molecule has 1 N–H and O–H groups in total. The quantitative estimate of drug-likeness (QED) is 0.590. The molecule has 0 heterocycles. The molecule has 0 radical (unpaired) electrons. The summed E-state index contributed by atoms with van der Waals surface area (Å²) in [5.74, 6) is -0.954. The minimum Gasteiger partial charge on any atom is -0.491 e. The Morgan fingerprint density at radius 1 is 1.86 bits per heavy atom. The van der Waals surface area contributed by atoms with Gasteiger partial charge in [-0.15, -0.1) is 6.42 Å². The molecule has 0 aliphatic carbocycles. The van der Waals surface area contributed by atoms with Crippen LogP contribution in [0.25, 0.3) is 0 Å². The van der Waals surface area contributed by atoms with Crippen molar-refractivity contribution in [1.29, 1.82) is 0 Å². The molecule has 0 aliphatic heterocycles. The van der Waals surface area contributed by atoms with Crippen LogP contribution in [0, 0.1) is 6.42 Å². The number of hydrogen-bond acceptors (Lipinski definition) is 1. The van der Waals surface area contributed by atoms with Crippen molar-refractivity contribution in [1.82, 2.24) is 0 Å². The molecule has 0 saturated carbocycles. The van der Waals surface area contributed by atoms with Gasteiger partial charge in [0.15, 0.2) is 0 Å². The second-order valence-electron chi connectivity index (χ2n) is 0.741. The van der Waals surface area contributed by atoms with Crippen LogP contribution in [-0.4, -0.2) is 11.1 Å². The fourth-order valence-corrected chi connectivity index (χ4v) is 0.101. The van der Waals surface area contributed by atoms with E-state index in [4.69, 9.17) is 5.11 Å². The Kier molecular flexibility index (Phi) is 8.27. The van der Waals surface area contributed by atoms with Crippen LogP contribution >= 0.6 is 0 Å². The van der Waals surface area contributed by atoms with Gasteiger partial charge in [0.2, 0.25) is 5.97 Å². The molecule has 0 bridgehead atoms. The van der Waals surface area contributed by atoms with Crippen molar-refractivity contribution in [3.05, 3.63) is 19.1 Å². The van der Waals surface area contributed by atoms with Gasteiger partial charge in [-0.1, -0.05) is 0 Å². The molecule has 44 valence electrons. The second-order valence-corrected chi connectivity index (χ2v) is 0.741. The van der Waals surface area contributed by atoms with Gasteiger partial charge in [0.1, 0.15) is 0 Å². The summed E-state index contributed by atoms with van der Waals surface area (Å²) < 4.78 is 0. The molecule has 0 aliphatic rings. The number of aliphatic carboxylic acids is 1. The number of carboxylic acid groups (broad SMARTS) is 1. The average Bonchev–Trinajstić information content (AvgIpc) is 1.35. The predicted molar refractivity (Wildman–Crippen MR) is 22.1 cm³/mol. The van der Waals surface area contributed by atoms with Crippen LogP contribution < -0.4 is 0 Å². The van der Waals surface area contributed by atoms with E-state index >= 15 is 0 Å².